The van der Waals surface area contributed by atoms with E-state index >= 15 is 0 Å². The van der Waals surface area contributed by atoms with E-state index in [2.05, 4.69) is 0 Å². The predicted molar refractivity (Wildman–Crippen MR) is 327 cm³/mol. The van der Waals surface area contributed by atoms with Crippen molar-refractivity contribution < 1.29 is 28.8 Å². The Morgan fingerprint density at radius 2 is 0.319 bits per heavy atom. The summed E-state index contributed by atoms with van der Waals surface area (Å²) < 4.78 is -0.853. The lowest BCUT2D eigenvalue weighted by atomic mass is 9.89. The zero-order valence-corrected chi connectivity index (χ0v) is 46.5. The number of carbonyl (C=O) groups excluding carboxylic acids is 6. The maximum Gasteiger partial charge on any atom is 0.224 e. The van der Waals surface area contributed by atoms with Gasteiger partial charge in [0.1, 0.15) is 0 Å². The molecule has 0 aliphatic rings. The number of hydrogen-bond acceptors (Lipinski definition) is 18. The van der Waals surface area contributed by atoms with Crippen molar-refractivity contribution in [2.75, 3.05) is 0 Å². The van der Waals surface area contributed by atoms with Crippen molar-refractivity contribution in [3.05, 3.63) is 249 Å². The Morgan fingerprint density at radius 1 is 0.208 bits per heavy atom. The molecule has 0 saturated heterocycles. The van der Waals surface area contributed by atoms with Gasteiger partial charge in [-0.1, -0.05) is 255 Å². The monoisotopic (exact) mass is 1160 g/mol. The van der Waals surface area contributed by atoms with Gasteiger partial charge in [0.2, 0.25) is 30.7 Å². The van der Waals surface area contributed by atoms with Crippen LogP contribution in [0.25, 0.3) is 0 Å². The average molecular weight is 1160 g/mol. The van der Waals surface area contributed by atoms with E-state index in [9.17, 15) is 28.8 Å². The van der Waals surface area contributed by atoms with Crippen molar-refractivity contribution in [3.63, 3.8) is 0 Å². The van der Waals surface area contributed by atoms with Gasteiger partial charge in [0.15, 0.2) is 0 Å². The fraction of sp³-hybridized carbons (Fsp3) is 0. The SMILES string of the molecule is O=C(SC(=S)c1c(C(=S)SC(=O)c2ccccc2)c(C(=S)SC(=O)c2ccccc2)c(C(=S)SC(=O)c2ccccc2)c(C(=S)SC(=O)c2ccccc2)c1C(=S)SC(=O)c1ccccc1)c1ccccc1. The average Bonchev–Trinajstić information content (AvgIpc) is 3.41. The topological polar surface area (TPSA) is 102 Å². The zero-order valence-electron chi connectivity index (χ0n) is 36.7. The minimum atomic E-state index is -0.491. The molecule has 0 aromatic heterocycles. The Labute approximate surface area is 472 Å². The number of benzene rings is 7. The van der Waals surface area contributed by atoms with Crippen molar-refractivity contribution in [1.29, 1.82) is 0 Å². The summed E-state index contributed by atoms with van der Waals surface area (Å²) in [4.78, 5) is 85.6. The van der Waals surface area contributed by atoms with Gasteiger partial charge in [0.25, 0.3) is 0 Å². The summed E-state index contributed by atoms with van der Waals surface area (Å²) in [7, 11) is 0. The Bertz CT molecular complexity index is 2740. The van der Waals surface area contributed by atoms with E-state index in [4.69, 9.17) is 73.3 Å². The molecule has 0 N–H and O–H groups in total. The van der Waals surface area contributed by atoms with Gasteiger partial charge < -0.3 is 0 Å². The van der Waals surface area contributed by atoms with E-state index in [1.807, 2.05) is 0 Å². The van der Waals surface area contributed by atoms with E-state index < -0.39 is 30.7 Å². The first-order chi connectivity index (χ1) is 34.7. The van der Waals surface area contributed by atoms with Crippen LogP contribution in [0.1, 0.15) is 95.5 Å². The molecule has 0 saturated carbocycles. The van der Waals surface area contributed by atoms with Crippen LogP contribution in [0.15, 0.2) is 182 Å². The van der Waals surface area contributed by atoms with Gasteiger partial charge in [-0.15, -0.1) is 0 Å². The lowest BCUT2D eigenvalue weighted by Crippen LogP contribution is -2.25. The first-order valence-electron chi connectivity index (χ1n) is 20.9. The maximum atomic E-state index is 14.3. The van der Waals surface area contributed by atoms with Gasteiger partial charge in [0.05, 0.1) is 25.2 Å². The fourth-order valence-corrected chi connectivity index (χ4v) is 13.5. The molecule has 0 unspecified atom stereocenters. The lowest BCUT2D eigenvalue weighted by Gasteiger charge is -2.27. The van der Waals surface area contributed by atoms with Crippen molar-refractivity contribution >= 4 is 200 Å². The van der Waals surface area contributed by atoms with E-state index in [0.717, 1.165) is 0 Å². The van der Waals surface area contributed by atoms with E-state index in [1.54, 1.807) is 182 Å². The Kier molecular flexibility index (Phi) is 20.2. The van der Waals surface area contributed by atoms with Crippen LogP contribution in [0.3, 0.4) is 0 Å². The van der Waals surface area contributed by atoms with Crippen LogP contribution in [0.2, 0.25) is 0 Å². The van der Waals surface area contributed by atoms with Gasteiger partial charge in [-0.05, 0) is 70.6 Å². The summed E-state index contributed by atoms with van der Waals surface area (Å²) in [6.07, 6.45) is 0. The molecule has 0 spiro atoms. The zero-order chi connectivity index (χ0) is 51.3. The minimum Gasteiger partial charge on any atom is -0.281 e. The molecule has 18 heteroatoms. The highest BCUT2D eigenvalue weighted by Gasteiger charge is 2.38. The second kappa shape index (κ2) is 26.4. The third-order valence-electron chi connectivity index (χ3n) is 9.89. The summed E-state index contributed by atoms with van der Waals surface area (Å²) in [5.74, 6) is 0. The summed E-state index contributed by atoms with van der Waals surface area (Å²) in [5.41, 5.74) is 1.45. The summed E-state index contributed by atoms with van der Waals surface area (Å²) >= 11 is 41.6. The van der Waals surface area contributed by atoms with Crippen molar-refractivity contribution in [1.82, 2.24) is 0 Å². The first kappa shape index (κ1) is 55.0. The lowest BCUT2D eigenvalue weighted by molar-refractivity contribution is 0.108. The molecule has 0 radical (unpaired) electrons. The molecule has 0 aliphatic carbocycles. The van der Waals surface area contributed by atoms with Crippen LogP contribution < -0.4 is 0 Å². The van der Waals surface area contributed by atoms with E-state index in [0.29, 0.717) is 70.6 Å². The van der Waals surface area contributed by atoms with E-state index in [1.165, 1.54) is 0 Å². The molecular weight excluding hydrogens is 1130 g/mol. The summed E-state index contributed by atoms with van der Waals surface area (Å²) in [5, 5.41) is -2.95. The number of carbonyl (C=O) groups is 6. The molecule has 7 aromatic rings. The smallest absolute Gasteiger partial charge is 0.224 e. The molecule has 0 amide bonds. The van der Waals surface area contributed by atoms with Crippen LogP contribution >= 0.6 is 144 Å². The molecule has 72 heavy (non-hydrogen) atoms. The quantitative estimate of drug-likeness (QED) is 0.108. The highest BCUT2D eigenvalue weighted by Crippen LogP contribution is 2.44. The van der Waals surface area contributed by atoms with Crippen molar-refractivity contribution in [2.24, 2.45) is 0 Å². The number of hydrogen-bond donors (Lipinski definition) is 0. The van der Waals surface area contributed by atoms with Crippen molar-refractivity contribution in [2.45, 2.75) is 0 Å². The van der Waals surface area contributed by atoms with Crippen molar-refractivity contribution in [3.8, 4) is 0 Å². The maximum absolute atomic E-state index is 14.3. The Morgan fingerprint density at radius 3 is 0.431 bits per heavy atom. The molecule has 0 atom stereocenters. The van der Waals surface area contributed by atoms with Gasteiger partial charge in [-0.25, -0.2) is 0 Å². The number of thioether (sulfide) groups is 6. The third-order valence-corrected chi connectivity index (χ3v) is 17.5. The van der Waals surface area contributed by atoms with Gasteiger partial charge in [-0.3, -0.25) is 28.8 Å². The van der Waals surface area contributed by atoms with Gasteiger partial charge in [-0.2, -0.15) is 0 Å². The molecule has 7 rings (SSSR count). The highest BCUT2D eigenvalue weighted by atomic mass is 32.2. The Hall–Kier alpha value is -4.80. The molecule has 0 heterocycles. The summed E-state index contributed by atoms with van der Waals surface area (Å²) in [6.45, 7) is 0. The predicted octanol–water partition coefficient (Wildman–Crippen LogP) is 15.2. The van der Waals surface area contributed by atoms with Crippen LogP contribution in [-0.2, 0) is 0 Å². The molecule has 0 bridgehead atoms. The molecule has 0 aliphatic heterocycles. The van der Waals surface area contributed by atoms with Gasteiger partial charge >= 0.3 is 0 Å². The normalized spacial score (nSPS) is 10.7. The van der Waals surface area contributed by atoms with Gasteiger partial charge in [0, 0.05) is 66.8 Å². The molecule has 0 fully saturated rings. The second-order valence-corrected chi connectivity index (χ2v) is 24.4. The molecule has 354 valence electrons. The Balaban J connectivity index is 1.60. The summed E-state index contributed by atoms with van der Waals surface area (Å²) in [6, 6.07) is 50.1. The second-order valence-electron chi connectivity index (χ2n) is 14.5. The van der Waals surface area contributed by atoms with Crippen LogP contribution in [0.4, 0.5) is 0 Å². The van der Waals surface area contributed by atoms with E-state index in [-0.39, 0.29) is 91.9 Å². The molecule has 7 aromatic carbocycles. The number of rotatable bonds is 12. The third kappa shape index (κ3) is 13.9. The van der Waals surface area contributed by atoms with Crippen LogP contribution in [-0.4, -0.2) is 55.9 Å². The molecule has 6 nitrogen and oxygen atoms in total. The largest absolute Gasteiger partial charge is 0.281 e. The fourth-order valence-electron chi connectivity index (χ4n) is 6.59. The highest BCUT2D eigenvalue weighted by molar-refractivity contribution is 8.36. The van der Waals surface area contributed by atoms with Crippen LogP contribution in [0.5, 0.6) is 0 Å². The first-order valence-corrected chi connectivity index (χ1v) is 28.2. The standard InChI is InChI=1S/C54H30O6S12/c55-43(31-19-7-1-8-20-31)67-49(61)37-38(50(62)68-44(56)32-21-9-2-10-22-32)40(52(64)70-46(58)34-25-13-4-14-26-34)42(54(66)72-48(60)36-29-17-6-18-30-36)41(53(65)71-47(59)35-27-15-5-16-28-35)39(37)51(63)69-45(57)33-23-11-3-12-24-33/h1-30H. The van der Waals surface area contributed by atoms with Crippen LogP contribution in [0, 0.1) is 0 Å². The number of thiocarbonyl (C=S) groups is 6. The molecular formula is C54H30O6S12. The minimum absolute atomic E-state index is 0.0443.